The fourth-order valence-corrected chi connectivity index (χ4v) is 3.52. The van der Waals surface area contributed by atoms with E-state index in [9.17, 15) is 14.4 Å². The number of hydrogen-bond acceptors (Lipinski definition) is 5. The molecule has 1 aliphatic rings. The second-order valence-electron chi connectivity index (χ2n) is 5.04. The van der Waals surface area contributed by atoms with Gasteiger partial charge in [0.1, 0.15) is 10.6 Å². The Morgan fingerprint density at radius 1 is 1.19 bits per heavy atom. The van der Waals surface area contributed by atoms with Gasteiger partial charge in [-0.2, -0.15) is 0 Å². The third-order valence-corrected chi connectivity index (χ3v) is 5.01. The molecule has 0 aliphatic heterocycles. The topological polar surface area (TPSA) is 69.7 Å². The Bertz CT molecular complexity index is 392. The Balaban J connectivity index is 3.03. The molecule has 1 rings (SSSR count). The molecule has 21 heavy (non-hydrogen) atoms. The summed E-state index contributed by atoms with van der Waals surface area (Å²) >= 11 is 12.3. The molecule has 120 valence electrons. The van der Waals surface area contributed by atoms with Crippen LogP contribution >= 0.6 is 23.2 Å². The van der Waals surface area contributed by atoms with E-state index in [1.807, 2.05) is 6.92 Å². The molecule has 0 spiro atoms. The maximum absolute atomic E-state index is 12.1. The minimum atomic E-state index is -1.18. The Labute approximate surface area is 134 Å². The second kappa shape index (κ2) is 7.45. The van der Waals surface area contributed by atoms with Gasteiger partial charge in [-0.25, -0.2) is 0 Å². The number of esters is 2. The van der Waals surface area contributed by atoms with Crippen molar-refractivity contribution in [2.45, 2.75) is 31.5 Å². The highest BCUT2D eigenvalue weighted by Gasteiger charge is 2.65. The monoisotopic (exact) mass is 338 g/mol. The van der Waals surface area contributed by atoms with Gasteiger partial charge < -0.3 is 14.3 Å². The van der Waals surface area contributed by atoms with Crippen LogP contribution in [0.15, 0.2) is 0 Å². The molecule has 0 aromatic rings. The van der Waals surface area contributed by atoms with Crippen molar-refractivity contribution in [3.63, 3.8) is 0 Å². The maximum atomic E-state index is 12.1. The van der Waals surface area contributed by atoms with Crippen molar-refractivity contribution in [2.24, 2.45) is 23.7 Å². The molecule has 7 heteroatoms. The lowest BCUT2D eigenvalue weighted by Gasteiger charge is -2.23. The zero-order chi connectivity index (χ0) is 16.2. The summed E-state index contributed by atoms with van der Waals surface area (Å²) in [5.41, 5.74) is 0. The summed E-state index contributed by atoms with van der Waals surface area (Å²) in [7, 11) is 0. The quantitative estimate of drug-likeness (QED) is 0.294. The van der Waals surface area contributed by atoms with Crippen LogP contribution in [0.5, 0.6) is 0 Å². The SMILES string of the molecule is CCOC(=O)C(C(=O)OCC)C(CC=O)C1C(C)C1(Cl)Cl. The van der Waals surface area contributed by atoms with Gasteiger partial charge in [0.15, 0.2) is 5.92 Å². The average Bonchev–Trinajstić information content (AvgIpc) is 2.88. The van der Waals surface area contributed by atoms with E-state index in [-0.39, 0.29) is 31.5 Å². The van der Waals surface area contributed by atoms with Crippen LogP contribution < -0.4 is 0 Å². The highest BCUT2D eigenvalue weighted by Crippen LogP contribution is 2.64. The van der Waals surface area contributed by atoms with Gasteiger partial charge in [0.05, 0.1) is 13.2 Å². The number of carbonyl (C=O) groups is 3. The van der Waals surface area contributed by atoms with Crippen molar-refractivity contribution in [2.75, 3.05) is 13.2 Å². The Kier molecular flexibility index (Phi) is 6.47. The van der Waals surface area contributed by atoms with Crippen molar-refractivity contribution >= 4 is 41.4 Å². The molecule has 0 aromatic carbocycles. The zero-order valence-corrected chi connectivity index (χ0v) is 13.8. The first-order valence-corrected chi connectivity index (χ1v) is 7.73. The number of aldehydes is 1. The summed E-state index contributed by atoms with van der Waals surface area (Å²) in [5.74, 6) is -3.65. The molecule has 0 heterocycles. The van der Waals surface area contributed by atoms with Crippen LogP contribution in [-0.4, -0.2) is 35.8 Å². The summed E-state index contributed by atoms with van der Waals surface area (Å²) in [5, 5.41) is 0. The van der Waals surface area contributed by atoms with Crippen LogP contribution in [0, 0.1) is 23.7 Å². The summed E-state index contributed by atoms with van der Waals surface area (Å²) in [6.07, 6.45) is 0.656. The molecule has 3 atom stereocenters. The standard InChI is InChI=1S/C14H20Cl2O5/c1-4-20-12(18)10(13(19)21-5-2)9(6-7-17)11-8(3)14(11,15)16/h7-11H,4-6H2,1-3H3. The van der Waals surface area contributed by atoms with Crippen molar-refractivity contribution in [3.8, 4) is 0 Å². The van der Waals surface area contributed by atoms with Crippen LogP contribution in [-0.2, 0) is 23.9 Å². The number of halogens is 2. The van der Waals surface area contributed by atoms with Crippen molar-refractivity contribution in [1.29, 1.82) is 0 Å². The summed E-state index contributed by atoms with van der Waals surface area (Å²) < 4.78 is 8.84. The van der Waals surface area contributed by atoms with Gasteiger partial charge in [-0.15, -0.1) is 23.2 Å². The molecular weight excluding hydrogens is 319 g/mol. The molecule has 0 bridgehead atoms. The smallest absolute Gasteiger partial charge is 0.320 e. The Morgan fingerprint density at radius 2 is 1.62 bits per heavy atom. The first kappa shape index (κ1) is 18.2. The van der Waals surface area contributed by atoms with E-state index < -0.39 is 28.1 Å². The molecule has 0 N–H and O–H groups in total. The molecule has 0 amide bonds. The van der Waals surface area contributed by atoms with Gasteiger partial charge in [-0.3, -0.25) is 9.59 Å². The fourth-order valence-electron chi connectivity index (χ4n) is 2.68. The molecule has 1 saturated carbocycles. The largest absolute Gasteiger partial charge is 0.465 e. The van der Waals surface area contributed by atoms with Gasteiger partial charge >= 0.3 is 11.9 Å². The maximum Gasteiger partial charge on any atom is 0.320 e. The molecule has 1 fully saturated rings. The zero-order valence-electron chi connectivity index (χ0n) is 12.3. The lowest BCUT2D eigenvalue weighted by Crippen LogP contribution is -2.36. The van der Waals surface area contributed by atoms with Gasteiger partial charge in [-0.05, 0) is 25.7 Å². The normalized spacial score (nSPS) is 24.3. The second-order valence-corrected chi connectivity index (χ2v) is 6.48. The highest BCUT2D eigenvalue weighted by molar-refractivity contribution is 6.51. The van der Waals surface area contributed by atoms with E-state index in [2.05, 4.69) is 0 Å². The van der Waals surface area contributed by atoms with Gasteiger partial charge in [0, 0.05) is 12.3 Å². The lowest BCUT2D eigenvalue weighted by atomic mass is 9.84. The van der Waals surface area contributed by atoms with Crippen molar-refractivity contribution < 1.29 is 23.9 Å². The minimum absolute atomic E-state index is 0.00150. The van der Waals surface area contributed by atoms with E-state index in [1.54, 1.807) is 13.8 Å². The molecular formula is C14H20Cl2O5. The van der Waals surface area contributed by atoms with Crippen molar-refractivity contribution in [1.82, 2.24) is 0 Å². The summed E-state index contributed by atoms with van der Waals surface area (Å²) in [6, 6.07) is 0. The van der Waals surface area contributed by atoms with Crippen LogP contribution in [0.1, 0.15) is 27.2 Å². The molecule has 0 aromatic heterocycles. The van der Waals surface area contributed by atoms with Crippen LogP contribution in [0.3, 0.4) is 0 Å². The molecule has 0 saturated heterocycles. The third-order valence-electron chi connectivity index (χ3n) is 3.82. The first-order valence-electron chi connectivity index (χ1n) is 6.97. The average molecular weight is 339 g/mol. The molecule has 0 radical (unpaired) electrons. The lowest BCUT2D eigenvalue weighted by molar-refractivity contribution is -0.165. The Hall–Kier alpha value is -0.810. The van der Waals surface area contributed by atoms with E-state index >= 15 is 0 Å². The number of carbonyl (C=O) groups excluding carboxylic acids is 3. The summed E-state index contributed by atoms with van der Waals surface area (Å²) in [6.45, 7) is 5.37. The fraction of sp³-hybridized carbons (Fsp3) is 0.786. The summed E-state index contributed by atoms with van der Waals surface area (Å²) in [4.78, 5) is 35.1. The van der Waals surface area contributed by atoms with Gasteiger partial charge in [-0.1, -0.05) is 6.92 Å². The Morgan fingerprint density at radius 3 is 1.90 bits per heavy atom. The highest BCUT2D eigenvalue weighted by atomic mass is 35.5. The molecule has 5 nitrogen and oxygen atoms in total. The van der Waals surface area contributed by atoms with Gasteiger partial charge in [0.2, 0.25) is 0 Å². The first-order chi connectivity index (χ1) is 9.82. The van der Waals surface area contributed by atoms with Crippen molar-refractivity contribution in [3.05, 3.63) is 0 Å². The number of ether oxygens (including phenoxy) is 2. The molecule has 3 unspecified atom stereocenters. The van der Waals surface area contributed by atoms with E-state index in [1.165, 1.54) is 0 Å². The van der Waals surface area contributed by atoms with E-state index in [0.29, 0.717) is 6.29 Å². The van der Waals surface area contributed by atoms with Crippen LogP contribution in [0.25, 0.3) is 0 Å². The predicted molar refractivity (Wildman–Crippen MR) is 78.0 cm³/mol. The number of rotatable bonds is 8. The van der Waals surface area contributed by atoms with Crippen LogP contribution in [0.2, 0.25) is 0 Å². The predicted octanol–water partition coefficient (Wildman–Crippen LogP) is 2.37. The number of hydrogen-bond donors (Lipinski definition) is 0. The van der Waals surface area contributed by atoms with E-state index in [0.717, 1.165) is 0 Å². The van der Waals surface area contributed by atoms with E-state index in [4.69, 9.17) is 32.7 Å². The number of alkyl halides is 2. The molecule has 1 aliphatic carbocycles. The minimum Gasteiger partial charge on any atom is -0.465 e. The van der Waals surface area contributed by atoms with Gasteiger partial charge in [0.25, 0.3) is 0 Å². The van der Waals surface area contributed by atoms with Crippen LogP contribution in [0.4, 0.5) is 0 Å². The third kappa shape index (κ3) is 3.89.